The van der Waals surface area contributed by atoms with E-state index in [1.165, 1.54) is 20.2 Å². The van der Waals surface area contributed by atoms with Gasteiger partial charge in [0.25, 0.3) is 5.91 Å². The molecule has 0 aliphatic heterocycles. The summed E-state index contributed by atoms with van der Waals surface area (Å²) < 4.78 is 26.0. The molecule has 7 nitrogen and oxygen atoms in total. The van der Waals surface area contributed by atoms with Crippen LogP contribution in [-0.2, 0) is 20.2 Å². The number of amides is 2. The zero-order valence-electron chi connectivity index (χ0n) is 18.9. The van der Waals surface area contributed by atoms with Gasteiger partial charge < -0.3 is 10.6 Å². The van der Waals surface area contributed by atoms with Crippen molar-refractivity contribution in [2.45, 2.75) is 44.4 Å². The van der Waals surface area contributed by atoms with Gasteiger partial charge in [0.15, 0.2) is 0 Å². The molecular weight excluding hydrogens is 414 g/mol. The van der Waals surface area contributed by atoms with Crippen molar-refractivity contribution in [1.29, 1.82) is 0 Å². The second-order valence-corrected chi connectivity index (χ2v) is 10.8. The molecule has 0 saturated heterocycles. The minimum Gasteiger partial charge on any atom is -0.352 e. The standard InChI is InChI=1S/C23H31N3O4S/c1-16-7-12-19(15-20(16)31(29,30)26(5)6)25-21(27)13-14-24-22(28)17-8-10-18(11-9-17)23(2,3)4/h7-12,15H,13-14H2,1-6H3,(H,24,28)(H,25,27). The van der Waals surface area contributed by atoms with Crippen LogP contribution in [0.25, 0.3) is 0 Å². The van der Waals surface area contributed by atoms with Crippen LogP contribution in [0.15, 0.2) is 47.4 Å². The first-order chi connectivity index (χ1) is 14.3. The molecule has 0 spiro atoms. The van der Waals surface area contributed by atoms with Gasteiger partial charge in [0.1, 0.15) is 0 Å². The van der Waals surface area contributed by atoms with Crippen LogP contribution in [0.5, 0.6) is 0 Å². The van der Waals surface area contributed by atoms with E-state index >= 15 is 0 Å². The highest BCUT2D eigenvalue weighted by Gasteiger charge is 2.20. The van der Waals surface area contributed by atoms with Crippen molar-refractivity contribution in [1.82, 2.24) is 9.62 Å². The molecule has 0 atom stereocenters. The Morgan fingerprint density at radius 3 is 2.16 bits per heavy atom. The maximum Gasteiger partial charge on any atom is 0.251 e. The molecule has 2 aromatic carbocycles. The zero-order chi connectivity index (χ0) is 23.4. The number of nitrogens with one attached hydrogen (secondary N) is 2. The molecule has 2 amide bonds. The summed E-state index contributed by atoms with van der Waals surface area (Å²) in [5.74, 6) is -0.566. The fraction of sp³-hybridized carbons (Fsp3) is 0.391. The molecule has 0 aliphatic carbocycles. The largest absolute Gasteiger partial charge is 0.352 e. The highest BCUT2D eigenvalue weighted by molar-refractivity contribution is 7.89. The monoisotopic (exact) mass is 445 g/mol. The van der Waals surface area contributed by atoms with Gasteiger partial charge >= 0.3 is 0 Å². The predicted octanol–water partition coefficient (Wildman–Crippen LogP) is 3.30. The van der Waals surface area contributed by atoms with E-state index < -0.39 is 10.0 Å². The highest BCUT2D eigenvalue weighted by Crippen LogP contribution is 2.23. The first-order valence-electron chi connectivity index (χ1n) is 10.0. The Bertz CT molecular complexity index is 1050. The molecule has 8 heteroatoms. The van der Waals surface area contributed by atoms with Crippen LogP contribution in [-0.4, -0.2) is 45.2 Å². The minimum atomic E-state index is -3.61. The summed E-state index contributed by atoms with van der Waals surface area (Å²) in [6.45, 7) is 8.18. The Morgan fingerprint density at radius 1 is 1.00 bits per heavy atom. The Hall–Kier alpha value is -2.71. The van der Waals surface area contributed by atoms with Gasteiger partial charge in [-0.2, -0.15) is 0 Å². The molecule has 31 heavy (non-hydrogen) atoms. The smallest absolute Gasteiger partial charge is 0.251 e. The number of rotatable bonds is 7. The molecular formula is C23H31N3O4S. The van der Waals surface area contributed by atoms with E-state index in [0.717, 1.165) is 9.87 Å². The van der Waals surface area contributed by atoms with Crippen LogP contribution in [0.4, 0.5) is 5.69 Å². The van der Waals surface area contributed by atoms with E-state index in [1.807, 2.05) is 12.1 Å². The van der Waals surface area contributed by atoms with Gasteiger partial charge in [0.2, 0.25) is 15.9 Å². The second-order valence-electron chi connectivity index (χ2n) is 8.65. The summed E-state index contributed by atoms with van der Waals surface area (Å²) in [6, 6.07) is 12.1. The van der Waals surface area contributed by atoms with Gasteiger partial charge in [0.05, 0.1) is 4.90 Å². The van der Waals surface area contributed by atoms with Crippen LogP contribution >= 0.6 is 0 Å². The van der Waals surface area contributed by atoms with Crippen LogP contribution in [0.1, 0.15) is 48.7 Å². The molecule has 0 saturated carbocycles. The van der Waals surface area contributed by atoms with E-state index in [4.69, 9.17) is 0 Å². The second kappa shape index (κ2) is 9.62. The van der Waals surface area contributed by atoms with Crippen molar-refractivity contribution in [2.75, 3.05) is 26.0 Å². The molecule has 0 bridgehead atoms. The molecule has 2 N–H and O–H groups in total. The third kappa shape index (κ3) is 6.38. The van der Waals surface area contributed by atoms with E-state index in [-0.39, 0.29) is 35.1 Å². The number of nitrogens with zero attached hydrogens (tertiary/aromatic N) is 1. The highest BCUT2D eigenvalue weighted by atomic mass is 32.2. The predicted molar refractivity (Wildman–Crippen MR) is 123 cm³/mol. The summed E-state index contributed by atoms with van der Waals surface area (Å²) in [5, 5.41) is 5.42. The fourth-order valence-corrected chi connectivity index (χ4v) is 4.03. The number of sulfonamides is 1. The SMILES string of the molecule is Cc1ccc(NC(=O)CCNC(=O)c2ccc(C(C)(C)C)cc2)cc1S(=O)(=O)N(C)C. The van der Waals surface area contributed by atoms with Crippen molar-refractivity contribution < 1.29 is 18.0 Å². The van der Waals surface area contributed by atoms with E-state index in [2.05, 4.69) is 31.4 Å². The van der Waals surface area contributed by atoms with Gasteiger partial charge in [-0.3, -0.25) is 9.59 Å². The third-order valence-corrected chi connectivity index (χ3v) is 6.84. The molecule has 0 radical (unpaired) electrons. The van der Waals surface area contributed by atoms with Crippen molar-refractivity contribution >= 4 is 27.5 Å². The van der Waals surface area contributed by atoms with Gasteiger partial charge in [-0.15, -0.1) is 0 Å². The number of hydrogen-bond donors (Lipinski definition) is 2. The van der Waals surface area contributed by atoms with E-state index in [1.54, 1.807) is 31.2 Å². The van der Waals surface area contributed by atoms with Gasteiger partial charge in [-0.05, 0) is 47.7 Å². The fourth-order valence-electron chi connectivity index (χ4n) is 2.89. The molecule has 0 heterocycles. The zero-order valence-corrected chi connectivity index (χ0v) is 19.8. The lowest BCUT2D eigenvalue weighted by molar-refractivity contribution is -0.116. The first kappa shape index (κ1) is 24.6. The Labute approximate surface area is 184 Å². The Balaban J connectivity index is 1.93. The lowest BCUT2D eigenvalue weighted by Gasteiger charge is -2.19. The molecule has 168 valence electrons. The molecule has 0 aliphatic rings. The Kier molecular flexibility index (Phi) is 7.62. The van der Waals surface area contributed by atoms with Crippen molar-refractivity contribution in [2.24, 2.45) is 0 Å². The van der Waals surface area contributed by atoms with Crippen molar-refractivity contribution in [3.05, 3.63) is 59.2 Å². The van der Waals surface area contributed by atoms with Crippen LogP contribution < -0.4 is 10.6 Å². The Morgan fingerprint density at radius 2 is 1.61 bits per heavy atom. The quantitative estimate of drug-likeness (QED) is 0.684. The van der Waals surface area contributed by atoms with Gasteiger partial charge in [-0.25, -0.2) is 12.7 Å². The normalized spacial score (nSPS) is 12.0. The number of hydrogen-bond acceptors (Lipinski definition) is 4. The third-order valence-electron chi connectivity index (χ3n) is 4.88. The van der Waals surface area contributed by atoms with Gasteiger partial charge in [-0.1, -0.05) is 39.0 Å². The summed E-state index contributed by atoms with van der Waals surface area (Å²) in [7, 11) is -0.697. The number of anilines is 1. The topological polar surface area (TPSA) is 95.6 Å². The van der Waals surface area contributed by atoms with E-state index in [9.17, 15) is 18.0 Å². The average molecular weight is 446 g/mol. The number of benzene rings is 2. The minimum absolute atomic E-state index is 0.00874. The summed E-state index contributed by atoms with van der Waals surface area (Å²) in [4.78, 5) is 24.7. The van der Waals surface area contributed by atoms with Crippen LogP contribution in [0.2, 0.25) is 0 Å². The molecule has 0 fully saturated rings. The average Bonchev–Trinajstić information content (AvgIpc) is 2.68. The maximum absolute atomic E-state index is 12.4. The summed E-state index contributed by atoms with van der Waals surface area (Å²) in [5.41, 5.74) is 2.66. The molecule has 2 aromatic rings. The van der Waals surface area contributed by atoms with Crippen LogP contribution in [0.3, 0.4) is 0 Å². The number of carbonyl (C=O) groups is 2. The van der Waals surface area contributed by atoms with Crippen LogP contribution in [0, 0.1) is 6.92 Å². The lowest BCUT2D eigenvalue weighted by Crippen LogP contribution is -2.28. The number of aryl methyl sites for hydroxylation is 1. The summed E-state index contributed by atoms with van der Waals surface area (Å²) in [6.07, 6.45) is 0.0649. The van der Waals surface area contributed by atoms with Crippen molar-refractivity contribution in [3.63, 3.8) is 0 Å². The molecule has 0 unspecified atom stereocenters. The maximum atomic E-state index is 12.4. The van der Waals surface area contributed by atoms with E-state index in [0.29, 0.717) is 16.8 Å². The molecule has 2 rings (SSSR count). The summed E-state index contributed by atoms with van der Waals surface area (Å²) >= 11 is 0. The molecule has 0 aromatic heterocycles. The lowest BCUT2D eigenvalue weighted by atomic mass is 9.87. The van der Waals surface area contributed by atoms with Gasteiger partial charge in [0, 0.05) is 38.3 Å². The first-order valence-corrected chi connectivity index (χ1v) is 11.5. The number of carbonyl (C=O) groups excluding carboxylic acids is 2. The van der Waals surface area contributed by atoms with Crippen molar-refractivity contribution in [3.8, 4) is 0 Å².